The first-order valence-electron chi connectivity index (χ1n) is 14.5. The molecule has 0 saturated carbocycles. The molecule has 230 valence electrons. The first-order chi connectivity index (χ1) is 21.2. The molecule has 0 spiro atoms. The van der Waals surface area contributed by atoms with Crippen molar-refractivity contribution in [2.75, 3.05) is 13.1 Å². The van der Waals surface area contributed by atoms with Gasteiger partial charge >= 0.3 is 5.97 Å². The van der Waals surface area contributed by atoms with Gasteiger partial charge in [-0.3, -0.25) is 19.3 Å². The number of hydrogen-bond acceptors (Lipinski definition) is 7. The third-order valence-corrected chi connectivity index (χ3v) is 8.49. The van der Waals surface area contributed by atoms with Crippen molar-refractivity contribution in [1.29, 1.82) is 0 Å². The zero-order chi connectivity index (χ0) is 31.6. The molecule has 1 fully saturated rings. The highest BCUT2D eigenvalue weighted by molar-refractivity contribution is 8.26. The minimum atomic E-state index is -1.15. The number of nitrogens with zero attached hydrogens (tertiary/aromatic N) is 2. The van der Waals surface area contributed by atoms with Crippen LogP contribution in [0.25, 0.3) is 6.08 Å². The van der Waals surface area contributed by atoms with Gasteiger partial charge in [0.2, 0.25) is 6.10 Å². The predicted molar refractivity (Wildman–Crippen MR) is 176 cm³/mol. The number of amides is 2. The topological polar surface area (TPSA) is 96.4 Å². The van der Waals surface area contributed by atoms with Crippen molar-refractivity contribution in [3.05, 3.63) is 100 Å². The summed E-state index contributed by atoms with van der Waals surface area (Å²) in [5, 5.41) is 9.19. The fourth-order valence-corrected chi connectivity index (χ4v) is 5.91. The first kappa shape index (κ1) is 32.8. The van der Waals surface area contributed by atoms with E-state index in [1.54, 1.807) is 24.3 Å². The van der Waals surface area contributed by atoms with Crippen LogP contribution in [0, 0.1) is 0 Å². The van der Waals surface area contributed by atoms with Crippen molar-refractivity contribution in [3.63, 3.8) is 0 Å². The Labute approximate surface area is 267 Å². The van der Waals surface area contributed by atoms with Crippen LogP contribution in [0.15, 0.2) is 83.8 Å². The summed E-state index contributed by atoms with van der Waals surface area (Å²) in [6, 6.07) is 24.3. The highest BCUT2D eigenvalue weighted by Crippen LogP contribution is 2.37. The Kier molecular flexibility index (Phi) is 11.6. The number of hydrogen-bond donors (Lipinski definition) is 1. The second kappa shape index (κ2) is 15.5. The second-order valence-corrected chi connectivity index (χ2v) is 12.0. The molecule has 8 nitrogen and oxygen atoms in total. The molecule has 1 N–H and O–H groups in total. The minimum absolute atomic E-state index is 0.0186. The van der Waals surface area contributed by atoms with E-state index < -0.39 is 24.5 Å². The van der Waals surface area contributed by atoms with Gasteiger partial charge in [0.05, 0.1) is 4.91 Å². The Hall–Kier alpha value is -4.15. The number of thioether (sulfide) groups is 1. The molecule has 0 bridgehead atoms. The van der Waals surface area contributed by atoms with Gasteiger partial charge in [0.1, 0.15) is 17.5 Å². The van der Waals surface area contributed by atoms with E-state index in [0.717, 1.165) is 35.1 Å². The summed E-state index contributed by atoms with van der Waals surface area (Å²) in [6.07, 6.45) is 2.30. The SMILES string of the molecule is CCCN(C(=O)C(Oc1cc(C=C2SC(=S)N(CC(=O)O)C2=O)ccc1OCc1ccccc1)c1ccccc1)C(C)CC. The number of carbonyl (C=O) groups is 3. The van der Waals surface area contributed by atoms with Crippen LogP contribution in [0.2, 0.25) is 0 Å². The number of carbonyl (C=O) groups excluding carboxylic acids is 2. The van der Waals surface area contributed by atoms with Gasteiger partial charge in [0, 0.05) is 18.2 Å². The smallest absolute Gasteiger partial charge is 0.323 e. The van der Waals surface area contributed by atoms with Gasteiger partial charge in [-0.2, -0.15) is 0 Å². The highest BCUT2D eigenvalue weighted by atomic mass is 32.2. The minimum Gasteiger partial charge on any atom is -0.485 e. The van der Waals surface area contributed by atoms with Crippen LogP contribution in [0.5, 0.6) is 11.5 Å². The summed E-state index contributed by atoms with van der Waals surface area (Å²) in [7, 11) is 0. The summed E-state index contributed by atoms with van der Waals surface area (Å²) in [5.74, 6) is -1.01. The molecule has 44 heavy (non-hydrogen) atoms. The van der Waals surface area contributed by atoms with E-state index in [0.29, 0.717) is 34.1 Å². The number of carboxylic acid groups (broad SMARTS) is 1. The average Bonchev–Trinajstić information content (AvgIpc) is 3.29. The van der Waals surface area contributed by atoms with Crippen LogP contribution in [-0.2, 0) is 21.0 Å². The third kappa shape index (κ3) is 8.27. The molecule has 2 atom stereocenters. The third-order valence-electron chi connectivity index (χ3n) is 7.11. The Balaban J connectivity index is 1.74. The molecule has 4 rings (SSSR count). The van der Waals surface area contributed by atoms with Crippen molar-refractivity contribution in [3.8, 4) is 11.5 Å². The van der Waals surface area contributed by atoms with Crippen molar-refractivity contribution in [2.24, 2.45) is 0 Å². The van der Waals surface area contributed by atoms with Gasteiger partial charge in [0.15, 0.2) is 11.5 Å². The lowest BCUT2D eigenvalue weighted by Gasteiger charge is -2.32. The highest BCUT2D eigenvalue weighted by Gasteiger charge is 2.34. The van der Waals surface area contributed by atoms with Crippen LogP contribution in [-0.4, -0.2) is 56.1 Å². The van der Waals surface area contributed by atoms with Crippen LogP contribution >= 0.6 is 24.0 Å². The van der Waals surface area contributed by atoms with Gasteiger partial charge in [-0.15, -0.1) is 0 Å². The molecule has 1 aliphatic rings. The van der Waals surface area contributed by atoms with E-state index in [-0.39, 0.29) is 22.9 Å². The second-order valence-electron chi connectivity index (χ2n) is 10.3. The lowest BCUT2D eigenvalue weighted by molar-refractivity contribution is -0.141. The Morgan fingerprint density at radius 1 is 1.02 bits per heavy atom. The van der Waals surface area contributed by atoms with Crippen molar-refractivity contribution >= 4 is 52.2 Å². The molecule has 0 aromatic heterocycles. The molecule has 1 saturated heterocycles. The first-order valence-corrected chi connectivity index (χ1v) is 15.7. The van der Waals surface area contributed by atoms with E-state index in [2.05, 4.69) is 6.92 Å². The predicted octanol–water partition coefficient (Wildman–Crippen LogP) is 6.71. The van der Waals surface area contributed by atoms with Crippen LogP contribution in [0.4, 0.5) is 0 Å². The number of rotatable bonds is 14. The quantitative estimate of drug-likeness (QED) is 0.155. The molecule has 0 radical (unpaired) electrons. The normalized spacial score (nSPS) is 15.2. The molecule has 3 aromatic carbocycles. The number of ether oxygens (including phenoxy) is 2. The van der Waals surface area contributed by atoms with Crippen molar-refractivity contribution in [1.82, 2.24) is 9.80 Å². The van der Waals surface area contributed by atoms with E-state index in [1.807, 2.05) is 79.4 Å². The summed E-state index contributed by atoms with van der Waals surface area (Å²) in [4.78, 5) is 41.5. The summed E-state index contributed by atoms with van der Waals surface area (Å²) < 4.78 is 13.0. The average molecular weight is 633 g/mol. The number of benzene rings is 3. The molecule has 1 aliphatic heterocycles. The largest absolute Gasteiger partial charge is 0.485 e. The van der Waals surface area contributed by atoms with Gasteiger partial charge in [-0.25, -0.2) is 0 Å². The standard InChI is InChI=1S/C34H36N2O6S2/c1-4-18-35(23(3)5-2)33(40)31(26-14-10-7-11-15-26)42-28-19-25(16-17-27(28)41-22-24-12-8-6-9-13-24)20-29-32(39)36(21-30(37)38)34(43)44-29/h6-17,19-20,23,31H,4-5,18,21-22H2,1-3H3,(H,37,38). The van der Waals surface area contributed by atoms with E-state index in [9.17, 15) is 19.5 Å². The molecule has 2 amide bonds. The van der Waals surface area contributed by atoms with E-state index in [4.69, 9.17) is 21.7 Å². The molecular weight excluding hydrogens is 597 g/mol. The van der Waals surface area contributed by atoms with Crippen LogP contribution in [0.3, 0.4) is 0 Å². The Morgan fingerprint density at radius 2 is 1.70 bits per heavy atom. The molecule has 2 unspecified atom stereocenters. The zero-order valence-electron chi connectivity index (χ0n) is 25.0. The maximum Gasteiger partial charge on any atom is 0.323 e. The van der Waals surface area contributed by atoms with Crippen LogP contribution < -0.4 is 9.47 Å². The summed E-state index contributed by atoms with van der Waals surface area (Å²) in [6.45, 7) is 6.49. The van der Waals surface area contributed by atoms with Crippen molar-refractivity contribution < 1.29 is 29.0 Å². The van der Waals surface area contributed by atoms with Crippen molar-refractivity contribution in [2.45, 2.75) is 52.4 Å². The van der Waals surface area contributed by atoms with Gasteiger partial charge < -0.3 is 19.5 Å². The Morgan fingerprint density at radius 3 is 2.34 bits per heavy atom. The number of carboxylic acids is 1. The summed E-state index contributed by atoms with van der Waals surface area (Å²) in [5.41, 5.74) is 2.27. The molecule has 3 aromatic rings. The fourth-order valence-electron chi connectivity index (χ4n) is 4.66. The van der Waals surface area contributed by atoms with Gasteiger partial charge in [-0.05, 0) is 49.1 Å². The zero-order valence-corrected chi connectivity index (χ0v) is 26.6. The molecular formula is C34H36N2O6S2. The fraction of sp³-hybridized carbons (Fsp3) is 0.294. The van der Waals surface area contributed by atoms with Gasteiger partial charge in [-0.1, -0.05) is 105 Å². The van der Waals surface area contributed by atoms with Gasteiger partial charge in [0.25, 0.3) is 11.8 Å². The Bertz CT molecular complexity index is 1510. The number of aliphatic carboxylic acids is 1. The van der Waals surface area contributed by atoms with E-state index >= 15 is 0 Å². The van der Waals surface area contributed by atoms with Crippen LogP contribution in [0.1, 0.15) is 56.4 Å². The van der Waals surface area contributed by atoms with E-state index in [1.165, 1.54) is 0 Å². The molecule has 0 aliphatic carbocycles. The number of thiocarbonyl (C=S) groups is 1. The maximum absolute atomic E-state index is 14.1. The lowest BCUT2D eigenvalue weighted by Crippen LogP contribution is -2.43. The molecule has 1 heterocycles. The monoisotopic (exact) mass is 632 g/mol. The lowest BCUT2D eigenvalue weighted by atomic mass is 10.1. The maximum atomic E-state index is 14.1. The summed E-state index contributed by atoms with van der Waals surface area (Å²) >= 11 is 6.29. The molecule has 10 heteroatoms.